The first-order valence-corrected chi connectivity index (χ1v) is 1.82. The smallest absolute Gasteiger partial charge is 0.104 e. The Bertz CT molecular complexity index is 30.0. The normalized spacial score (nSPS) is 14.5. The number of aliphatic hydroxyl groups is 2. The second-order valence-electron chi connectivity index (χ2n) is 1.08. The van der Waals surface area contributed by atoms with Crippen molar-refractivity contribution in [3.8, 4) is 0 Å². The highest BCUT2D eigenvalue weighted by atomic mass is 16.3. The molecule has 0 aliphatic carbocycles. The molecular formula is C3H9NO2. The fraction of sp³-hybridized carbons (Fsp3) is 1.00. The monoisotopic (exact) mass is 91.1 g/mol. The van der Waals surface area contributed by atoms with Crippen LogP contribution in [0.2, 0.25) is 0 Å². The highest BCUT2D eigenvalue weighted by Crippen LogP contribution is 1.75. The first-order valence-electron chi connectivity index (χ1n) is 1.82. The molecule has 3 nitrogen and oxygen atoms in total. The highest BCUT2D eigenvalue weighted by molar-refractivity contribution is 4.38. The lowest BCUT2D eigenvalue weighted by Gasteiger charge is -1.95. The fourth-order valence-electron chi connectivity index (χ4n) is 0.132. The second kappa shape index (κ2) is 3.08. The molecule has 38 valence electrons. The molecule has 4 N–H and O–H groups in total. The molecule has 0 aromatic rings. The lowest BCUT2D eigenvalue weighted by atomic mass is 10.4. The Morgan fingerprint density at radius 2 is 2.17 bits per heavy atom. The average molecular weight is 91.1 g/mol. The predicted molar refractivity (Wildman–Crippen MR) is 21.9 cm³/mol. The SMILES string of the molecule is NC(O)CCO. The lowest BCUT2D eigenvalue weighted by molar-refractivity contribution is 0.139. The summed E-state index contributed by atoms with van der Waals surface area (Å²) in [5.74, 6) is 0. The average Bonchev–Trinajstić information content (AvgIpc) is 1.35. The zero-order chi connectivity index (χ0) is 4.99. The Morgan fingerprint density at radius 1 is 1.67 bits per heavy atom. The van der Waals surface area contributed by atoms with E-state index in [1.165, 1.54) is 0 Å². The zero-order valence-corrected chi connectivity index (χ0v) is 3.46. The van der Waals surface area contributed by atoms with E-state index in [9.17, 15) is 0 Å². The Hall–Kier alpha value is -0.120. The van der Waals surface area contributed by atoms with Gasteiger partial charge in [0.05, 0.1) is 0 Å². The van der Waals surface area contributed by atoms with Crippen molar-refractivity contribution in [3.63, 3.8) is 0 Å². The van der Waals surface area contributed by atoms with Crippen molar-refractivity contribution in [2.24, 2.45) is 5.73 Å². The third-order valence-electron chi connectivity index (χ3n) is 0.425. The van der Waals surface area contributed by atoms with Gasteiger partial charge >= 0.3 is 0 Å². The minimum Gasteiger partial charge on any atom is -0.396 e. The summed E-state index contributed by atoms with van der Waals surface area (Å²) in [4.78, 5) is 0. The second-order valence-corrected chi connectivity index (χ2v) is 1.08. The predicted octanol–water partition coefficient (Wildman–Crippen LogP) is -1.35. The van der Waals surface area contributed by atoms with Crippen molar-refractivity contribution >= 4 is 0 Å². The number of rotatable bonds is 2. The molecule has 0 aromatic carbocycles. The van der Waals surface area contributed by atoms with E-state index in [4.69, 9.17) is 15.9 Å². The minimum atomic E-state index is -0.852. The van der Waals surface area contributed by atoms with E-state index < -0.39 is 6.23 Å². The molecule has 0 amide bonds. The van der Waals surface area contributed by atoms with Gasteiger partial charge in [-0.25, -0.2) is 0 Å². The molecule has 0 aliphatic rings. The van der Waals surface area contributed by atoms with Gasteiger partial charge in [0, 0.05) is 13.0 Å². The summed E-state index contributed by atoms with van der Waals surface area (Å²) >= 11 is 0. The van der Waals surface area contributed by atoms with Crippen LogP contribution in [0.15, 0.2) is 0 Å². The van der Waals surface area contributed by atoms with Crippen LogP contribution in [0.25, 0.3) is 0 Å². The topological polar surface area (TPSA) is 66.5 Å². The first-order chi connectivity index (χ1) is 2.77. The molecular weight excluding hydrogens is 82.0 g/mol. The minimum absolute atomic E-state index is 0.0440. The van der Waals surface area contributed by atoms with Gasteiger partial charge in [0.1, 0.15) is 6.23 Å². The molecule has 0 spiro atoms. The van der Waals surface area contributed by atoms with Crippen molar-refractivity contribution in [2.45, 2.75) is 12.6 Å². The summed E-state index contributed by atoms with van der Waals surface area (Å²) < 4.78 is 0. The van der Waals surface area contributed by atoms with Gasteiger partial charge in [-0.05, 0) is 0 Å². The summed E-state index contributed by atoms with van der Waals surface area (Å²) in [6.45, 7) is -0.0440. The van der Waals surface area contributed by atoms with E-state index in [1.54, 1.807) is 0 Å². The molecule has 3 heteroatoms. The van der Waals surface area contributed by atoms with Crippen LogP contribution < -0.4 is 5.73 Å². The van der Waals surface area contributed by atoms with Crippen LogP contribution in [-0.4, -0.2) is 23.0 Å². The maximum atomic E-state index is 8.17. The summed E-state index contributed by atoms with van der Waals surface area (Å²) in [6, 6.07) is 0. The molecule has 0 rings (SSSR count). The number of hydrogen-bond donors (Lipinski definition) is 3. The molecule has 6 heavy (non-hydrogen) atoms. The number of nitrogens with two attached hydrogens (primary N) is 1. The van der Waals surface area contributed by atoms with Crippen molar-refractivity contribution in [3.05, 3.63) is 0 Å². The van der Waals surface area contributed by atoms with Gasteiger partial charge < -0.3 is 15.9 Å². The van der Waals surface area contributed by atoms with E-state index >= 15 is 0 Å². The molecule has 0 aromatic heterocycles. The van der Waals surface area contributed by atoms with Gasteiger partial charge in [0.2, 0.25) is 0 Å². The van der Waals surface area contributed by atoms with Gasteiger partial charge in [-0.2, -0.15) is 0 Å². The standard InChI is InChI=1S/C3H9NO2/c4-3(6)1-2-5/h3,5-6H,1-2,4H2. The van der Waals surface area contributed by atoms with E-state index in [-0.39, 0.29) is 13.0 Å². The Kier molecular flexibility index (Phi) is 3.02. The van der Waals surface area contributed by atoms with Gasteiger partial charge in [0.25, 0.3) is 0 Å². The van der Waals surface area contributed by atoms with Crippen LogP contribution in [0, 0.1) is 0 Å². The highest BCUT2D eigenvalue weighted by Gasteiger charge is 1.88. The first kappa shape index (κ1) is 5.88. The lowest BCUT2D eigenvalue weighted by Crippen LogP contribution is -2.19. The van der Waals surface area contributed by atoms with Crippen LogP contribution >= 0.6 is 0 Å². The van der Waals surface area contributed by atoms with E-state index in [1.807, 2.05) is 0 Å². The molecule has 0 saturated heterocycles. The summed E-state index contributed by atoms with van der Waals surface area (Å²) in [5, 5.41) is 16.2. The van der Waals surface area contributed by atoms with E-state index in [0.717, 1.165) is 0 Å². The molecule has 0 heterocycles. The third-order valence-corrected chi connectivity index (χ3v) is 0.425. The molecule has 1 unspecified atom stereocenters. The molecule has 1 atom stereocenters. The van der Waals surface area contributed by atoms with Gasteiger partial charge in [-0.15, -0.1) is 0 Å². The molecule has 0 bridgehead atoms. The Morgan fingerprint density at radius 3 is 2.17 bits per heavy atom. The molecule has 0 saturated carbocycles. The number of aliphatic hydroxyl groups excluding tert-OH is 2. The van der Waals surface area contributed by atoms with Crippen molar-refractivity contribution in [2.75, 3.05) is 6.61 Å². The summed E-state index contributed by atoms with van der Waals surface area (Å²) in [7, 11) is 0. The quantitative estimate of drug-likeness (QED) is 0.368. The largest absolute Gasteiger partial charge is 0.396 e. The zero-order valence-electron chi connectivity index (χ0n) is 3.46. The van der Waals surface area contributed by atoms with Crippen LogP contribution in [0.3, 0.4) is 0 Å². The van der Waals surface area contributed by atoms with Crippen molar-refractivity contribution in [1.29, 1.82) is 0 Å². The van der Waals surface area contributed by atoms with Crippen LogP contribution in [0.5, 0.6) is 0 Å². The molecule has 0 fully saturated rings. The van der Waals surface area contributed by atoms with E-state index in [2.05, 4.69) is 0 Å². The van der Waals surface area contributed by atoms with Crippen LogP contribution in [0.4, 0.5) is 0 Å². The Balaban J connectivity index is 2.63. The van der Waals surface area contributed by atoms with Gasteiger partial charge in [0.15, 0.2) is 0 Å². The third kappa shape index (κ3) is 3.88. The van der Waals surface area contributed by atoms with Crippen molar-refractivity contribution in [1.82, 2.24) is 0 Å². The maximum Gasteiger partial charge on any atom is 0.104 e. The Labute approximate surface area is 36.4 Å². The van der Waals surface area contributed by atoms with Crippen LogP contribution in [0.1, 0.15) is 6.42 Å². The van der Waals surface area contributed by atoms with Gasteiger partial charge in [-0.1, -0.05) is 0 Å². The van der Waals surface area contributed by atoms with Crippen LogP contribution in [-0.2, 0) is 0 Å². The van der Waals surface area contributed by atoms with Crippen molar-refractivity contribution < 1.29 is 10.2 Å². The fourth-order valence-corrected chi connectivity index (χ4v) is 0.132. The molecule has 0 aliphatic heterocycles. The molecule has 0 radical (unpaired) electrons. The summed E-state index contributed by atoms with van der Waals surface area (Å²) in [5.41, 5.74) is 4.80. The summed E-state index contributed by atoms with van der Waals surface area (Å²) in [6.07, 6.45) is -0.588. The van der Waals surface area contributed by atoms with Gasteiger partial charge in [-0.3, -0.25) is 0 Å². The number of hydrogen-bond acceptors (Lipinski definition) is 3. The maximum absolute atomic E-state index is 8.17. The van der Waals surface area contributed by atoms with E-state index in [0.29, 0.717) is 0 Å².